The van der Waals surface area contributed by atoms with Crippen LogP contribution in [0.1, 0.15) is 0 Å². The van der Waals surface area contributed by atoms with Gasteiger partial charge >= 0.3 is 0 Å². The van der Waals surface area contributed by atoms with E-state index in [1.54, 1.807) is 0 Å². The fraction of sp³-hybridized carbons (Fsp3) is 0.333. The normalized spacial score (nSPS) is 9.92. The van der Waals surface area contributed by atoms with Crippen LogP contribution in [-0.4, -0.2) is 20.3 Å². The number of rotatable bonds is 6. The highest BCUT2D eigenvalue weighted by Gasteiger charge is 1.89. The van der Waals surface area contributed by atoms with Crippen LogP contribution < -0.4 is 5.32 Å². The topological polar surface area (TPSA) is 39.7 Å². The molecule has 0 unspecified atom stereocenters. The minimum absolute atomic E-state index is 0.433. The largest absolute Gasteiger partial charge is 0.383 e. The first kappa shape index (κ1) is 9.98. The van der Waals surface area contributed by atoms with E-state index in [0.717, 1.165) is 5.69 Å². The van der Waals surface area contributed by atoms with E-state index in [1.807, 2.05) is 30.3 Å². The van der Waals surface area contributed by atoms with E-state index in [9.17, 15) is 0 Å². The number of hydrogen-bond acceptors (Lipinski definition) is 4. The molecule has 0 atom stereocenters. The van der Waals surface area contributed by atoms with Gasteiger partial charge in [-0.3, -0.25) is 0 Å². The van der Waals surface area contributed by atoms with Gasteiger partial charge in [0, 0.05) is 12.2 Å². The molecule has 4 heteroatoms. The molecule has 0 bridgehead atoms. The fourth-order valence-electron chi connectivity index (χ4n) is 0.875. The van der Waals surface area contributed by atoms with E-state index in [0.29, 0.717) is 13.2 Å². The van der Waals surface area contributed by atoms with Crippen LogP contribution in [0.4, 0.5) is 5.69 Å². The zero-order chi connectivity index (χ0) is 9.36. The number of hydrogen-bond donors (Lipinski definition) is 1. The summed E-state index contributed by atoms with van der Waals surface area (Å²) in [6, 6.07) is 9.87. The van der Waals surface area contributed by atoms with Gasteiger partial charge < -0.3 is 5.32 Å². The lowest BCUT2D eigenvalue weighted by Crippen LogP contribution is -2.09. The van der Waals surface area contributed by atoms with Gasteiger partial charge in [0.2, 0.25) is 0 Å². The van der Waals surface area contributed by atoms with Crippen LogP contribution in [0.15, 0.2) is 30.3 Å². The molecule has 0 spiro atoms. The Hall–Kier alpha value is -1.10. The SMILES string of the molecule is COOOCCNc1ccccc1. The number of para-hydroxylation sites is 1. The monoisotopic (exact) mass is 183 g/mol. The Morgan fingerprint density at radius 1 is 1.23 bits per heavy atom. The maximum absolute atomic E-state index is 4.62. The molecule has 1 aromatic rings. The summed E-state index contributed by atoms with van der Waals surface area (Å²) < 4.78 is 0. The second-order valence-corrected chi connectivity index (χ2v) is 2.35. The van der Waals surface area contributed by atoms with E-state index in [4.69, 9.17) is 0 Å². The van der Waals surface area contributed by atoms with E-state index in [2.05, 4.69) is 20.1 Å². The van der Waals surface area contributed by atoms with Gasteiger partial charge in [0.1, 0.15) is 6.61 Å². The van der Waals surface area contributed by atoms with Crippen molar-refractivity contribution in [1.29, 1.82) is 0 Å². The second-order valence-electron chi connectivity index (χ2n) is 2.35. The van der Waals surface area contributed by atoms with Crippen molar-refractivity contribution in [1.82, 2.24) is 0 Å². The lowest BCUT2D eigenvalue weighted by atomic mass is 10.3. The summed E-state index contributed by atoms with van der Waals surface area (Å²) in [5.41, 5.74) is 1.06. The second kappa shape index (κ2) is 6.42. The summed E-state index contributed by atoms with van der Waals surface area (Å²) in [5, 5.41) is 7.37. The Bertz CT molecular complexity index is 215. The van der Waals surface area contributed by atoms with Crippen LogP contribution in [0.5, 0.6) is 0 Å². The third kappa shape index (κ3) is 4.47. The summed E-state index contributed by atoms with van der Waals surface area (Å²) in [6.07, 6.45) is 0. The van der Waals surface area contributed by atoms with Crippen molar-refractivity contribution in [3.05, 3.63) is 30.3 Å². The average molecular weight is 183 g/mol. The highest BCUT2D eigenvalue weighted by atomic mass is 17.5. The smallest absolute Gasteiger partial charge is 0.103 e. The van der Waals surface area contributed by atoms with Crippen molar-refractivity contribution >= 4 is 5.69 Å². The third-order valence-corrected chi connectivity index (χ3v) is 1.40. The molecule has 13 heavy (non-hydrogen) atoms. The number of nitrogens with one attached hydrogen (secondary N) is 1. The lowest BCUT2D eigenvalue weighted by Gasteiger charge is -2.04. The zero-order valence-electron chi connectivity index (χ0n) is 7.53. The van der Waals surface area contributed by atoms with Crippen LogP contribution >= 0.6 is 0 Å². The van der Waals surface area contributed by atoms with Crippen molar-refractivity contribution in [2.75, 3.05) is 25.6 Å². The maximum atomic E-state index is 4.62. The highest BCUT2D eigenvalue weighted by Crippen LogP contribution is 2.03. The van der Waals surface area contributed by atoms with Crippen LogP contribution in [-0.2, 0) is 14.8 Å². The molecule has 1 rings (SSSR count). The average Bonchev–Trinajstić information content (AvgIpc) is 2.19. The van der Waals surface area contributed by atoms with Crippen molar-refractivity contribution in [3.63, 3.8) is 0 Å². The van der Waals surface area contributed by atoms with Crippen molar-refractivity contribution in [2.24, 2.45) is 0 Å². The molecule has 0 amide bonds. The van der Waals surface area contributed by atoms with Gasteiger partial charge in [0.15, 0.2) is 0 Å². The molecule has 0 radical (unpaired) electrons. The van der Waals surface area contributed by atoms with Crippen molar-refractivity contribution in [3.8, 4) is 0 Å². The van der Waals surface area contributed by atoms with E-state index in [1.165, 1.54) is 7.11 Å². The zero-order valence-corrected chi connectivity index (χ0v) is 7.53. The molecule has 0 saturated carbocycles. The Balaban J connectivity index is 2.07. The molecule has 1 N–H and O–H groups in total. The first-order chi connectivity index (χ1) is 6.43. The molecule has 0 fully saturated rings. The minimum Gasteiger partial charge on any atom is -0.383 e. The molecule has 4 nitrogen and oxygen atoms in total. The summed E-state index contributed by atoms with van der Waals surface area (Å²) in [4.78, 5) is 8.86. The lowest BCUT2D eigenvalue weighted by molar-refractivity contribution is -0.501. The van der Waals surface area contributed by atoms with E-state index < -0.39 is 0 Å². The quantitative estimate of drug-likeness (QED) is 0.413. The molecular formula is C9H13NO3. The molecule has 0 aliphatic carbocycles. The predicted octanol–water partition coefficient (Wildman–Crippen LogP) is 1.61. The molecular weight excluding hydrogens is 170 g/mol. The Labute approximate surface area is 77.3 Å². The van der Waals surface area contributed by atoms with Gasteiger partial charge in [-0.25, -0.2) is 9.78 Å². The summed E-state index contributed by atoms with van der Waals surface area (Å²) >= 11 is 0. The van der Waals surface area contributed by atoms with Crippen LogP contribution in [0.3, 0.4) is 0 Å². The molecule has 0 heterocycles. The Morgan fingerprint density at radius 3 is 2.69 bits per heavy atom. The Kier molecular flexibility index (Phi) is 4.93. The molecule has 0 aromatic heterocycles. The van der Waals surface area contributed by atoms with E-state index >= 15 is 0 Å². The van der Waals surface area contributed by atoms with Gasteiger partial charge in [-0.15, -0.1) is 0 Å². The van der Waals surface area contributed by atoms with E-state index in [-0.39, 0.29) is 0 Å². The number of anilines is 1. The summed E-state index contributed by atoms with van der Waals surface area (Å²) in [6.45, 7) is 1.11. The van der Waals surface area contributed by atoms with Gasteiger partial charge in [0.05, 0.1) is 7.11 Å². The first-order valence-electron chi connectivity index (χ1n) is 4.04. The van der Waals surface area contributed by atoms with Crippen LogP contribution in [0.2, 0.25) is 0 Å². The predicted molar refractivity (Wildman–Crippen MR) is 49.0 cm³/mol. The first-order valence-corrected chi connectivity index (χ1v) is 4.04. The molecule has 72 valence electrons. The number of benzene rings is 1. The van der Waals surface area contributed by atoms with Gasteiger partial charge in [-0.1, -0.05) is 23.2 Å². The minimum atomic E-state index is 0.433. The van der Waals surface area contributed by atoms with Crippen LogP contribution in [0, 0.1) is 0 Å². The summed E-state index contributed by atoms with van der Waals surface area (Å²) in [7, 11) is 1.39. The van der Waals surface area contributed by atoms with Gasteiger partial charge in [0.25, 0.3) is 0 Å². The highest BCUT2D eigenvalue weighted by molar-refractivity contribution is 5.42. The maximum Gasteiger partial charge on any atom is 0.103 e. The molecule has 0 aliphatic rings. The van der Waals surface area contributed by atoms with Crippen molar-refractivity contribution in [2.45, 2.75) is 0 Å². The molecule has 0 aliphatic heterocycles. The van der Waals surface area contributed by atoms with Crippen molar-refractivity contribution < 1.29 is 14.8 Å². The third-order valence-electron chi connectivity index (χ3n) is 1.40. The van der Waals surface area contributed by atoms with Gasteiger partial charge in [-0.05, 0) is 12.1 Å². The molecule has 1 aromatic carbocycles. The van der Waals surface area contributed by atoms with Gasteiger partial charge in [-0.2, -0.15) is 0 Å². The Morgan fingerprint density at radius 2 is 2.00 bits per heavy atom. The summed E-state index contributed by atoms with van der Waals surface area (Å²) in [5.74, 6) is 0. The fourth-order valence-corrected chi connectivity index (χ4v) is 0.875. The molecule has 0 saturated heterocycles. The van der Waals surface area contributed by atoms with Crippen LogP contribution in [0.25, 0.3) is 0 Å². The standard InChI is InChI=1S/C9H13NO3/c1-11-13-12-8-7-10-9-5-3-2-4-6-9/h2-6,10H,7-8H2,1H3.